The van der Waals surface area contributed by atoms with Gasteiger partial charge in [-0.3, -0.25) is 0 Å². The Morgan fingerprint density at radius 1 is 1.04 bits per heavy atom. The van der Waals surface area contributed by atoms with Crippen LogP contribution in [-0.2, 0) is 6.18 Å². The van der Waals surface area contributed by atoms with Crippen molar-refractivity contribution in [1.29, 1.82) is 0 Å². The zero-order chi connectivity index (χ0) is 18.6. The molecule has 3 rings (SSSR count). The fourth-order valence-electron chi connectivity index (χ4n) is 3.84. The number of nitrogens with one attached hydrogen (secondary N) is 1. The second-order valence-corrected chi connectivity index (χ2v) is 7.57. The van der Waals surface area contributed by atoms with Crippen LogP contribution < -0.4 is 5.32 Å². The van der Waals surface area contributed by atoms with E-state index in [1.54, 1.807) is 0 Å². The molecule has 1 unspecified atom stereocenters. The minimum Gasteiger partial charge on any atom is -0.346 e. The van der Waals surface area contributed by atoms with Gasteiger partial charge in [-0.2, -0.15) is 13.2 Å². The molecule has 0 aliphatic carbocycles. The fourth-order valence-corrected chi connectivity index (χ4v) is 4.20. The summed E-state index contributed by atoms with van der Waals surface area (Å²) in [5.74, 6) is 0. The number of piperidine rings is 1. The summed E-state index contributed by atoms with van der Waals surface area (Å²) in [4.78, 5) is 4.74. The lowest BCUT2D eigenvalue weighted by Gasteiger charge is -2.38. The summed E-state index contributed by atoms with van der Waals surface area (Å²) in [7, 11) is 0. The number of alkyl halides is 3. The molecule has 0 radical (unpaired) electrons. The molecule has 0 bridgehead atoms. The van der Waals surface area contributed by atoms with Crippen molar-refractivity contribution in [3.8, 4) is 0 Å². The number of halogens is 3. The van der Waals surface area contributed by atoms with Gasteiger partial charge in [-0.15, -0.1) is 0 Å². The molecule has 7 heteroatoms. The van der Waals surface area contributed by atoms with Crippen LogP contribution in [0.25, 0.3) is 0 Å². The lowest BCUT2D eigenvalue weighted by Crippen LogP contribution is -2.46. The second kappa shape index (κ2) is 8.57. The summed E-state index contributed by atoms with van der Waals surface area (Å²) in [5.41, 5.74) is -0.0395. The van der Waals surface area contributed by atoms with Gasteiger partial charge >= 0.3 is 6.18 Å². The maximum absolute atomic E-state index is 12.7. The molecule has 1 atom stereocenters. The predicted octanol–water partition coefficient (Wildman–Crippen LogP) is 4.74. The van der Waals surface area contributed by atoms with Crippen molar-refractivity contribution in [2.24, 2.45) is 0 Å². The van der Waals surface area contributed by atoms with Crippen molar-refractivity contribution in [2.45, 2.75) is 50.7 Å². The number of thiocarbonyl (C=S) groups is 1. The molecule has 2 aliphatic heterocycles. The van der Waals surface area contributed by atoms with Crippen LogP contribution >= 0.6 is 12.2 Å². The van der Waals surface area contributed by atoms with Crippen LogP contribution in [0.3, 0.4) is 0 Å². The number of nitrogens with zero attached hydrogens (tertiary/aromatic N) is 2. The molecule has 1 N–H and O–H groups in total. The molecule has 0 aromatic heterocycles. The van der Waals surface area contributed by atoms with Gasteiger partial charge in [-0.25, -0.2) is 0 Å². The van der Waals surface area contributed by atoms with Crippen molar-refractivity contribution in [3.63, 3.8) is 0 Å². The molecule has 2 fully saturated rings. The quantitative estimate of drug-likeness (QED) is 0.754. The highest BCUT2D eigenvalue weighted by Crippen LogP contribution is 2.30. The van der Waals surface area contributed by atoms with Crippen LogP contribution in [0.2, 0.25) is 0 Å². The van der Waals surface area contributed by atoms with Gasteiger partial charge in [-0.05, 0) is 88.1 Å². The Hall–Kier alpha value is -1.34. The number of anilines is 1. The van der Waals surface area contributed by atoms with E-state index in [0.717, 1.165) is 44.5 Å². The number of hydrogen-bond donors (Lipinski definition) is 1. The van der Waals surface area contributed by atoms with Crippen molar-refractivity contribution < 1.29 is 13.2 Å². The number of rotatable bonds is 4. The minimum atomic E-state index is -4.31. The van der Waals surface area contributed by atoms with Crippen LogP contribution in [-0.4, -0.2) is 47.1 Å². The van der Waals surface area contributed by atoms with E-state index in [-0.39, 0.29) is 0 Å². The van der Waals surface area contributed by atoms with Gasteiger partial charge in [0.15, 0.2) is 5.11 Å². The molecule has 1 aromatic carbocycles. The van der Waals surface area contributed by atoms with Gasteiger partial charge in [0.1, 0.15) is 0 Å². The lowest BCUT2D eigenvalue weighted by molar-refractivity contribution is -0.137. The number of likely N-dealkylation sites (tertiary alicyclic amines) is 2. The van der Waals surface area contributed by atoms with Crippen LogP contribution in [0.4, 0.5) is 18.9 Å². The van der Waals surface area contributed by atoms with E-state index >= 15 is 0 Å². The molecule has 0 spiro atoms. The Labute approximate surface area is 158 Å². The van der Waals surface area contributed by atoms with E-state index < -0.39 is 11.7 Å². The SMILES string of the molecule is FC(F)(F)c1ccc(NC(=S)N2CCCCC2CCN2CCCC2)cc1. The first-order chi connectivity index (χ1) is 12.4. The molecular weight excluding hydrogens is 359 g/mol. The molecule has 3 nitrogen and oxygen atoms in total. The number of benzene rings is 1. The minimum absolute atomic E-state index is 0.416. The summed E-state index contributed by atoms with van der Waals surface area (Å²) < 4.78 is 38.0. The fraction of sp³-hybridized carbons (Fsp3) is 0.632. The van der Waals surface area contributed by atoms with E-state index in [9.17, 15) is 13.2 Å². The zero-order valence-corrected chi connectivity index (χ0v) is 15.7. The van der Waals surface area contributed by atoms with E-state index in [0.29, 0.717) is 16.8 Å². The summed E-state index contributed by atoms with van der Waals surface area (Å²) in [6.07, 6.45) is 2.81. The third-order valence-corrected chi connectivity index (χ3v) is 5.67. The smallest absolute Gasteiger partial charge is 0.346 e. The van der Waals surface area contributed by atoms with Gasteiger partial charge in [-0.1, -0.05) is 0 Å². The maximum Gasteiger partial charge on any atom is 0.416 e. The Kier molecular flexibility index (Phi) is 6.40. The Bertz CT molecular complexity index is 597. The molecular formula is C19H26F3N3S. The third kappa shape index (κ3) is 5.10. The predicted molar refractivity (Wildman–Crippen MR) is 102 cm³/mol. The highest BCUT2D eigenvalue weighted by molar-refractivity contribution is 7.80. The first kappa shape index (κ1) is 19.4. The Morgan fingerprint density at radius 2 is 1.69 bits per heavy atom. The van der Waals surface area contributed by atoms with E-state index in [1.165, 1.54) is 44.5 Å². The van der Waals surface area contributed by atoms with Crippen LogP contribution in [0, 0.1) is 0 Å². The van der Waals surface area contributed by atoms with E-state index in [1.807, 2.05) is 0 Å². The van der Waals surface area contributed by atoms with E-state index in [4.69, 9.17) is 12.2 Å². The number of hydrogen-bond acceptors (Lipinski definition) is 2. The third-order valence-electron chi connectivity index (χ3n) is 5.33. The standard InChI is InChI=1S/C19H26F3N3S/c20-19(21,22)15-6-8-16(9-7-15)23-18(26)25-13-2-1-5-17(25)10-14-24-11-3-4-12-24/h6-9,17H,1-5,10-14H2,(H,23,26). The normalized spacial score (nSPS) is 21.8. The Morgan fingerprint density at radius 3 is 2.35 bits per heavy atom. The molecule has 144 valence electrons. The summed E-state index contributed by atoms with van der Waals surface area (Å²) in [6, 6.07) is 5.48. The Balaban J connectivity index is 1.57. The van der Waals surface area contributed by atoms with E-state index in [2.05, 4.69) is 15.1 Å². The molecule has 1 aromatic rings. The first-order valence-electron chi connectivity index (χ1n) is 9.41. The van der Waals surface area contributed by atoms with Crippen LogP contribution in [0.5, 0.6) is 0 Å². The first-order valence-corrected chi connectivity index (χ1v) is 9.81. The molecule has 2 aliphatic rings. The summed E-state index contributed by atoms with van der Waals surface area (Å²) in [5, 5.41) is 3.75. The average Bonchev–Trinajstić information content (AvgIpc) is 3.13. The monoisotopic (exact) mass is 385 g/mol. The van der Waals surface area contributed by atoms with Crippen molar-refractivity contribution >= 4 is 23.0 Å². The van der Waals surface area contributed by atoms with Gasteiger partial charge in [0.25, 0.3) is 0 Å². The lowest BCUT2D eigenvalue weighted by atomic mass is 9.99. The topological polar surface area (TPSA) is 18.5 Å². The molecule has 26 heavy (non-hydrogen) atoms. The molecule has 2 saturated heterocycles. The molecule has 0 saturated carbocycles. The van der Waals surface area contributed by atoms with Crippen molar-refractivity contribution in [2.75, 3.05) is 31.5 Å². The van der Waals surface area contributed by atoms with Crippen LogP contribution in [0.1, 0.15) is 44.1 Å². The summed E-state index contributed by atoms with van der Waals surface area (Å²) in [6.45, 7) is 4.41. The van der Waals surface area contributed by atoms with Gasteiger partial charge in [0, 0.05) is 24.8 Å². The van der Waals surface area contributed by atoms with Crippen molar-refractivity contribution in [3.05, 3.63) is 29.8 Å². The zero-order valence-electron chi connectivity index (χ0n) is 14.9. The van der Waals surface area contributed by atoms with Crippen LogP contribution in [0.15, 0.2) is 24.3 Å². The molecule has 0 amide bonds. The maximum atomic E-state index is 12.7. The van der Waals surface area contributed by atoms with Gasteiger partial charge in [0.05, 0.1) is 5.56 Å². The van der Waals surface area contributed by atoms with Crippen molar-refractivity contribution in [1.82, 2.24) is 9.80 Å². The highest BCUT2D eigenvalue weighted by Gasteiger charge is 2.30. The largest absolute Gasteiger partial charge is 0.416 e. The second-order valence-electron chi connectivity index (χ2n) is 7.19. The summed E-state index contributed by atoms with van der Waals surface area (Å²) >= 11 is 5.57. The molecule has 2 heterocycles. The average molecular weight is 385 g/mol. The van der Waals surface area contributed by atoms with Gasteiger partial charge in [0.2, 0.25) is 0 Å². The van der Waals surface area contributed by atoms with Gasteiger partial charge < -0.3 is 15.1 Å². The highest BCUT2D eigenvalue weighted by atomic mass is 32.1.